The SMILES string of the molecule is CC(C)=C(OC(=O)C(C)(C)C)[C@@H]1[C@@H]2C=CC[C@@H]21. The lowest BCUT2D eigenvalue weighted by Gasteiger charge is -2.19. The smallest absolute Gasteiger partial charge is 0.316 e. The number of allylic oxidation sites excluding steroid dienone is 4. The third kappa shape index (κ3) is 2.31. The molecule has 2 heteroatoms. The Hall–Kier alpha value is -1.05. The minimum atomic E-state index is -0.430. The summed E-state index contributed by atoms with van der Waals surface area (Å²) in [6.45, 7) is 9.74. The van der Waals surface area contributed by atoms with Crippen LogP contribution in [-0.2, 0) is 9.53 Å². The van der Waals surface area contributed by atoms with Gasteiger partial charge in [-0.3, -0.25) is 4.79 Å². The maximum Gasteiger partial charge on any atom is 0.316 e. The Morgan fingerprint density at radius 3 is 2.35 bits per heavy atom. The summed E-state index contributed by atoms with van der Waals surface area (Å²) in [7, 11) is 0. The molecule has 2 rings (SSSR count). The van der Waals surface area contributed by atoms with Crippen LogP contribution in [0.25, 0.3) is 0 Å². The van der Waals surface area contributed by atoms with E-state index in [1.54, 1.807) is 0 Å². The fourth-order valence-corrected chi connectivity index (χ4v) is 2.49. The molecular formula is C15H22O2. The Labute approximate surface area is 104 Å². The minimum absolute atomic E-state index is 0.123. The van der Waals surface area contributed by atoms with E-state index in [0.717, 1.165) is 17.8 Å². The summed E-state index contributed by atoms with van der Waals surface area (Å²) in [6, 6.07) is 0. The van der Waals surface area contributed by atoms with Crippen LogP contribution in [-0.4, -0.2) is 5.97 Å². The van der Waals surface area contributed by atoms with E-state index in [0.29, 0.717) is 17.8 Å². The molecule has 0 spiro atoms. The number of rotatable bonds is 2. The third-order valence-electron chi connectivity index (χ3n) is 3.61. The molecule has 0 aromatic heterocycles. The number of hydrogen-bond acceptors (Lipinski definition) is 2. The molecule has 0 unspecified atom stereocenters. The fraction of sp³-hybridized carbons (Fsp3) is 0.667. The molecule has 1 saturated carbocycles. The summed E-state index contributed by atoms with van der Waals surface area (Å²) in [5.41, 5.74) is 0.705. The topological polar surface area (TPSA) is 26.3 Å². The van der Waals surface area contributed by atoms with Crippen LogP contribution in [0.15, 0.2) is 23.5 Å². The van der Waals surface area contributed by atoms with Crippen LogP contribution in [0.5, 0.6) is 0 Å². The van der Waals surface area contributed by atoms with Gasteiger partial charge in [0.15, 0.2) is 0 Å². The van der Waals surface area contributed by atoms with Gasteiger partial charge in [-0.2, -0.15) is 0 Å². The maximum absolute atomic E-state index is 12.0. The number of hydrogen-bond donors (Lipinski definition) is 0. The number of ether oxygens (including phenoxy) is 1. The second-order valence-electron chi connectivity index (χ2n) is 6.43. The number of carbonyl (C=O) groups is 1. The predicted octanol–water partition coefficient (Wildman–Crippen LogP) is 3.69. The van der Waals surface area contributed by atoms with E-state index < -0.39 is 5.41 Å². The first-order valence-corrected chi connectivity index (χ1v) is 6.38. The van der Waals surface area contributed by atoms with Gasteiger partial charge in [-0.1, -0.05) is 12.2 Å². The van der Waals surface area contributed by atoms with Crippen LogP contribution in [0.4, 0.5) is 0 Å². The largest absolute Gasteiger partial charge is 0.430 e. The van der Waals surface area contributed by atoms with Gasteiger partial charge in [0.05, 0.1) is 5.41 Å². The van der Waals surface area contributed by atoms with E-state index in [-0.39, 0.29) is 5.97 Å². The van der Waals surface area contributed by atoms with Gasteiger partial charge in [0.1, 0.15) is 5.76 Å². The summed E-state index contributed by atoms with van der Waals surface area (Å²) >= 11 is 0. The minimum Gasteiger partial charge on any atom is -0.430 e. The van der Waals surface area contributed by atoms with Crippen molar-refractivity contribution < 1.29 is 9.53 Å². The second-order valence-corrected chi connectivity index (χ2v) is 6.43. The summed E-state index contributed by atoms with van der Waals surface area (Å²) in [4.78, 5) is 12.0. The van der Waals surface area contributed by atoms with Gasteiger partial charge in [0.25, 0.3) is 0 Å². The van der Waals surface area contributed by atoms with Gasteiger partial charge in [0, 0.05) is 5.92 Å². The zero-order valence-electron chi connectivity index (χ0n) is 11.4. The maximum atomic E-state index is 12.0. The van der Waals surface area contributed by atoms with E-state index in [9.17, 15) is 4.79 Å². The molecule has 3 atom stereocenters. The molecule has 0 saturated heterocycles. The zero-order valence-corrected chi connectivity index (χ0v) is 11.4. The molecule has 0 bridgehead atoms. The lowest BCUT2D eigenvalue weighted by Crippen LogP contribution is -2.23. The molecule has 1 fully saturated rings. The molecule has 17 heavy (non-hydrogen) atoms. The standard InChI is InChI=1S/C15H22O2/c1-9(2)13(17-14(16)15(3,4)5)12-10-7-6-8-11(10)12/h6-7,10-12H,8H2,1-5H3/t10-,11+,12-/m1/s1. The highest BCUT2D eigenvalue weighted by atomic mass is 16.5. The quantitative estimate of drug-likeness (QED) is 0.414. The lowest BCUT2D eigenvalue weighted by molar-refractivity contribution is -0.149. The molecule has 0 aromatic carbocycles. The van der Waals surface area contributed by atoms with Crippen LogP contribution in [0.2, 0.25) is 0 Å². The summed E-state index contributed by atoms with van der Waals surface area (Å²) in [5, 5.41) is 0. The first-order valence-electron chi connectivity index (χ1n) is 6.38. The van der Waals surface area contributed by atoms with Crippen molar-refractivity contribution in [3.63, 3.8) is 0 Å². The molecule has 0 radical (unpaired) electrons. The Bertz CT molecular complexity index is 392. The zero-order chi connectivity index (χ0) is 12.8. The molecule has 0 aliphatic heterocycles. The van der Waals surface area contributed by atoms with Crippen molar-refractivity contribution in [2.75, 3.05) is 0 Å². The average molecular weight is 234 g/mol. The normalized spacial score (nSPS) is 29.8. The van der Waals surface area contributed by atoms with E-state index in [1.165, 1.54) is 0 Å². The second kappa shape index (κ2) is 4.01. The molecule has 0 aromatic rings. The van der Waals surface area contributed by atoms with Gasteiger partial charge in [-0.05, 0) is 58.4 Å². The van der Waals surface area contributed by atoms with Gasteiger partial charge in [-0.15, -0.1) is 0 Å². The summed E-state index contributed by atoms with van der Waals surface area (Å²) in [5.74, 6) is 2.56. The van der Waals surface area contributed by atoms with Crippen LogP contribution < -0.4 is 0 Å². The Morgan fingerprint density at radius 1 is 1.29 bits per heavy atom. The van der Waals surface area contributed by atoms with E-state index in [4.69, 9.17) is 4.74 Å². The highest BCUT2D eigenvalue weighted by molar-refractivity contribution is 5.76. The molecule has 94 valence electrons. The highest BCUT2D eigenvalue weighted by Crippen LogP contribution is 2.58. The van der Waals surface area contributed by atoms with E-state index in [1.807, 2.05) is 34.6 Å². The van der Waals surface area contributed by atoms with Crippen molar-refractivity contribution in [1.29, 1.82) is 0 Å². The lowest BCUT2D eigenvalue weighted by atomic mass is 9.97. The fourth-order valence-electron chi connectivity index (χ4n) is 2.49. The molecule has 2 nitrogen and oxygen atoms in total. The van der Waals surface area contributed by atoms with Crippen LogP contribution in [0.1, 0.15) is 41.0 Å². The Balaban J connectivity index is 2.09. The van der Waals surface area contributed by atoms with Crippen LogP contribution in [0.3, 0.4) is 0 Å². The Kier molecular flexibility index (Phi) is 2.92. The van der Waals surface area contributed by atoms with Gasteiger partial charge < -0.3 is 4.74 Å². The number of carbonyl (C=O) groups excluding carboxylic acids is 1. The first-order chi connectivity index (χ1) is 7.82. The number of fused-ring (bicyclic) bond motifs is 1. The molecule has 0 N–H and O–H groups in total. The van der Waals surface area contributed by atoms with Crippen molar-refractivity contribution in [2.24, 2.45) is 23.2 Å². The van der Waals surface area contributed by atoms with Crippen LogP contribution >= 0.6 is 0 Å². The molecular weight excluding hydrogens is 212 g/mol. The molecule has 0 amide bonds. The van der Waals surface area contributed by atoms with E-state index in [2.05, 4.69) is 12.2 Å². The predicted molar refractivity (Wildman–Crippen MR) is 68.1 cm³/mol. The van der Waals surface area contributed by atoms with Crippen LogP contribution in [0, 0.1) is 23.2 Å². The van der Waals surface area contributed by atoms with Crippen molar-refractivity contribution >= 4 is 5.97 Å². The van der Waals surface area contributed by atoms with E-state index >= 15 is 0 Å². The summed E-state index contributed by atoms with van der Waals surface area (Å²) < 4.78 is 5.64. The van der Waals surface area contributed by atoms with Crippen molar-refractivity contribution in [2.45, 2.75) is 41.0 Å². The van der Waals surface area contributed by atoms with Crippen molar-refractivity contribution in [3.8, 4) is 0 Å². The van der Waals surface area contributed by atoms with Crippen molar-refractivity contribution in [1.82, 2.24) is 0 Å². The highest BCUT2D eigenvalue weighted by Gasteiger charge is 2.53. The summed E-state index contributed by atoms with van der Waals surface area (Å²) in [6.07, 6.45) is 5.64. The molecule has 0 heterocycles. The average Bonchev–Trinajstić information content (AvgIpc) is 2.68. The first kappa shape index (κ1) is 12.4. The molecule has 2 aliphatic rings. The number of esters is 1. The van der Waals surface area contributed by atoms with Crippen molar-refractivity contribution in [3.05, 3.63) is 23.5 Å². The van der Waals surface area contributed by atoms with Gasteiger partial charge in [0.2, 0.25) is 0 Å². The van der Waals surface area contributed by atoms with Gasteiger partial charge in [-0.25, -0.2) is 0 Å². The molecule has 2 aliphatic carbocycles. The third-order valence-corrected chi connectivity index (χ3v) is 3.61. The Morgan fingerprint density at radius 2 is 1.94 bits per heavy atom. The van der Waals surface area contributed by atoms with Gasteiger partial charge >= 0.3 is 5.97 Å². The monoisotopic (exact) mass is 234 g/mol.